The molecule has 0 aromatic heterocycles. The summed E-state index contributed by atoms with van der Waals surface area (Å²) in [6, 6.07) is 0. The molecule has 4 aliphatic carbocycles. The SMILES string of the molecule is CC(C)[C@H](C)CC[C@@H](C)[C@@H]1CC[C@H]2C3=CC[C@H]4C[C@H](O)CC[C@@]4(C)[C@@H]3CC[C@]21C. The van der Waals surface area contributed by atoms with Crippen LogP contribution in [0.5, 0.6) is 0 Å². The fourth-order valence-electron chi connectivity index (χ4n) is 8.53. The smallest absolute Gasteiger partial charge is 0.0543 e. The van der Waals surface area contributed by atoms with E-state index in [2.05, 4.69) is 47.6 Å². The number of allylic oxidation sites excluding steroid dienone is 2. The minimum atomic E-state index is -0.0400. The van der Waals surface area contributed by atoms with Gasteiger partial charge < -0.3 is 5.11 Å². The largest absolute Gasteiger partial charge is 0.393 e. The van der Waals surface area contributed by atoms with Gasteiger partial charge in [-0.05, 0) is 104 Å². The first-order chi connectivity index (χ1) is 13.7. The molecule has 4 rings (SSSR count). The average Bonchev–Trinajstić information content (AvgIpc) is 3.03. The monoisotopic (exact) mass is 400 g/mol. The lowest BCUT2D eigenvalue weighted by Crippen LogP contribution is -2.49. The standard InChI is InChI=1S/C28H48O/c1-18(2)19(3)7-8-20(4)24-11-12-25-23-10-9-21-17-22(29)13-15-27(21,5)26(23)14-16-28(24,25)6/h10,18-22,24-26,29H,7-9,11-17H2,1-6H3/t19-,20-,21+,22-,24+,25+,26-,27-,28+/m1/s1. The Hall–Kier alpha value is -0.300. The van der Waals surface area contributed by atoms with Crippen molar-refractivity contribution in [2.45, 2.75) is 112 Å². The van der Waals surface area contributed by atoms with Gasteiger partial charge in [0.1, 0.15) is 0 Å². The first kappa shape index (κ1) is 21.9. The van der Waals surface area contributed by atoms with Crippen molar-refractivity contribution in [1.29, 1.82) is 0 Å². The van der Waals surface area contributed by atoms with Crippen molar-refractivity contribution < 1.29 is 5.11 Å². The Labute approximate surface area is 181 Å². The summed E-state index contributed by atoms with van der Waals surface area (Å²) in [5.74, 6) is 5.85. The summed E-state index contributed by atoms with van der Waals surface area (Å²) in [6.45, 7) is 15.1. The Balaban J connectivity index is 1.50. The van der Waals surface area contributed by atoms with Crippen molar-refractivity contribution in [3.8, 4) is 0 Å². The van der Waals surface area contributed by atoms with Crippen LogP contribution in [0.25, 0.3) is 0 Å². The van der Waals surface area contributed by atoms with Crippen LogP contribution in [0.1, 0.15) is 106 Å². The van der Waals surface area contributed by atoms with E-state index in [9.17, 15) is 5.11 Å². The first-order valence-corrected chi connectivity index (χ1v) is 13.0. The minimum absolute atomic E-state index is 0.0400. The molecule has 0 spiro atoms. The molecule has 0 aromatic carbocycles. The van der Waals surface area contributed by atoms with Crippen molar-refractivity contribution in [1.82, 2.24) is 0 Å². The second-order valence-corrected chi connectivity index (χ2v) is 12.7. The molecule has 1 N–H and O–H groups in total. The van der Waals surface area contributed by atoms with E-state index in [1.165, 1.54) is 51.4 Å². The number of hydrogen-bond donors (Lipinski definition) is 1. The zero-order chi connectivity index (χ0) is 21.0. The van der Waals surface area contributed by atoms with E-state index in [1.54, 1.807) is 0 Å². The second kappa shape index (κ2) is 7.99. The van der Waals surface area contributed by atoms with Crippen molar-refractivity contribution in [3.05, 3.63) is 11.6 Å². The molecule has 0 unspecified atom stereocenters. The minimum Gasteiger partial charge on any atom is -0.393 e. The molecule has 1 nitrogen and oxygen atoms in total. The van der Waals surface area contributed by atoms with Gasteiger partial charge in [-0.25, -0.2) is 0 Å². The molecule has 3 fully saturated rings. The maximum atomic E-state index is 10.2. The normalized spacial score (nSPS) is 46.5. The Morgan fingerprint density at radius 2 is 1.62 bits per heavy atom. The molecule has 9 atom stereocenters. The molecule has 0 bridgehead atoms. The van der Waals surface area contributed by atoms with Crippen LogP contribution in [0.2, 0.25) is 0 Å². The lowest BCUT2D eigenvalue weighted by molar-refractivity contribution is -0.0428. The number of rotatable bonds is 5. The lowest BCUT2D eigenvalue weighted by Gasteiger charge is -2.57. The summed E-state index contributed by atoms with van der Waals surface area (Å²) in [5, 5.41) is 10.2. The van der Waals surface area contributed by atoms with Crippen LogP contribution in [0.4, 0.5) is 0 Å². The molecule has 0 radical (unpaired) electrons. The van der Waals surface area contributed by atoms with E-state index in [0.717, 1.165) is 54.3 Å². The highest BCUT2D eigenvalue weighted by molar-refractivity contribution is 5.27. The topological polar surface area (TPSA) is 20.2 Å². The maximum absolute atomic E-state index is 10.2. The van der Waals surface area contributed by atoms with Gasteiger partial charge in [-0.3, -0.25) is 0 Å². The van der Waals surface area contributed by atoms with Crippen molar-refractivity contribution in [3.63, 3.8) is 0 Å². The third-order valence-electron chi connectivity index (χ3n) is 11.0. The van der Waals surface area contributed by atoms with Crippen LogP contribution < -0.4 is 0 Å². The molecule has 0 aromatic rings. The lowest BCUT2D eigenvalue weighted by atomic mass is 9.47. The zero-order valence-electron chi connectivity index (χ0n) is 20.2. The highest BCUT2D eigenvalue weighted by Crippen LogP contribution is 2.67. The van der Waals surface area contributed by atoms with Crippen LogP contribution in [0, 0.1) is 52.3 Å². The molecular formula is C28H48O. The third-order valence-corrected chi connectivity index (χ3v) is 11.0. The van der Waals surface area contributed by atoms with E-state index in [4.69, 9.17) is 0 Å². The van der Waals surface area contributed by atoms with Gasteiger partial charge in [-0.2, -0.15) is 0 Å². The Bertz CT molecular complexity index is 620. The summed E-state index contributed by atoms with van der Waals surface area (Å²) in [7, 11) is 0. The first-order valence-electron chi connectivity index (χ1n) is 13.0. The zero-order valence-corrected chi connectivity index (χ0v) is 20.2. The molecule has 29 heavy (non-hydrogen) atoms. The van der Waals surface area contributed by atoms with Crippen molar-refractivity contribution in [2.24, 2.45) is 52.3 Å². The van der Waals surface area contributed by atoms with Gasteiger partial charge >= 0.3 is 0 Å². The molecule has 0 saturated heterocycles. The quantitative estimate of drug-likeness (QED) is 0.470. The predicted octanol–water partition coefficient (Wildman–Crippen LogP) is 7.63. The van der Waals surface area contributed by atoms with Crippen LogP contribution in [0.15, 0.2) is 11.6 Å². The Morgan fingerprint density at radius 1 is 0.931 bits per heavy atom. The van der Waals surface area contributed by atoms with Gasteiger partial charge in [0.2, 0.25) is 0 Å². The molecular weight excluding hydrogens is 352 g/mol. The van der Waals surface area contributed by atoms with Crippen LogP contribution in [0.3, 0.4) is 0 Å². The summed E-state index contributed by atoms with van der Waals surface area (Å²) < 4.78 is 0. The number of aliphatic hydroxyl groups excluding tert-OH is 1. The molecule has 3 saturated carbocycles. The predicted molar refractivity (Wildman–Crippen MR) is 124 cm³/mol. The number of hydrogen-bond acceptors (Lipinski definition) is 1. The van der Waals surface area contributed by atoms with Gasteiger partial charge in [0.15, 0.2) is 0 Å². The molecule has 4 aliphatic rings. The van der Waals surface area contributed by atoms with Gasteiger partial charge in [0.25, 0.3) is 0 Å². The van der Waals surface area contributed by atoms with Gasteiger partial charge in [0, 0.05) is 0 Å². The highest BCUT2D eigenvalue weighted by Gasteiger charge is 2.58. The second-order valence-electron chi connectivity index (χ2n) is 12.7. The summed E-state index contributed by atoms with van der Waals surface area (Å²) in [4.78, 5) is 0. The van der Waals surface area contributed by atoms with E-state index in [-0.39, 0.29) is 6.10 Å². The fourth-order valence-corrected chi connectivity index (χ4v) is 8.53. The van der Waals surface area contributed by atoms with E-state index < -0.39 is 0 Å². The van der Waals surface area contributed by atoms with Gasteiger partial charge in [-0.1, -0.05) is 66.0 Å². The van der Waals surface area contributed by atoms with Crippen LogP contribution in [-0.4, -0.2) is 11.2 Å². The van der Waals surface area contributed by atoms with Gasteiger partial charge in [-0.15, -0.1) is 0 Å². The van der Waals surface area contributed by atoms with Gasteiger partial charge in [0.05, 0.1) is 6.10 Å². The van der Waals surface area contributed by atoms with Crippen molar-refractivity contribution >= 4 is 0 Å². The van der Waals surface area contributed by atoms with Crippen LogP contribution >= 0.6 is 0 Å². The Kier molecular flexibility index (Phi) is 6.04. The molecule has 1 heteroatoms. The summed E-state index contributed by atoms with van der Waals surface area (Å²) in [5.41, 5.74) is 2.88. The summed E-state index contributed by atoms with van der Waals surface area (Å²) >= 11 is 0. The van der Waals surface area contributed by atoms with E-state index >= 15 is 0 Å². The van der Waals surface area contributed by atoms with Crippen LogP contribution in [-0.2, 0) is 0 Å². The highest BCUT2D eigenvalue weighted by atomic mass is 16.3. The molecule has 166 valence electrons. The molecule has 0 heterocycles. The summed E-state index contributed by atoms with van der Waals surface area (Å²) in [6.07, 6.45) is 15.8. The van der Waals surface area contributed by atoms with E-state index in [0.29, 0.717) is 10.8 Å². The molecule has 0 aliphatic heterocycles. The molecule has 0 amide bonds. The third kappa shape index (κ3) is 3.66. The van der Waals surface area contributed by atoms with E-state index in [1.807, 2.05) is 5.57 Å². The average molecular weight is 401 g/mol. The maximum Gasteiger partial charge on any atom is 0.0543 e. The van der Waals surface area contributed by atoms with Crippen molar-refractivity contribution in [2.75, 3.05) is 0 Å². The number of aliphatic hydroxyl groups is 1. The number of fused-ring (bicyclic) bond motifs is 5. The Morgan fingerprint density at radius 3 is 2.34 bits per heavy atom. The fraction of sp³-hybridized carbons (Fsp3) is 0.929.